The van der Waals surface area contributed by atoms with Gasteiger partial charge in [-0.1, -0.05) is 6.07 Å². The van der Waals surface area contributed by atoms with Crippen molar-refractivity contribution < 1.29 is 19.0 Å². The normalized spacial score (nSPS) is 19.9. The van der Waals surface area contributed by atoms with Crippen molar-refractivity contribution >= 4 is 5.91 Å². The van der Waals surface area contributed by atoms with Gasteiger partial charge in [-0.15, -0.1) is 0 Å². The molecule has 1 saturated heterocycles. The number of nitrogens with one attached hydrogen (secondary N) is 1. The summed E-state index contributed by atoms with van der Waals surface area (Å²) in [6, 6.07) is 5.31. The smallest absolute Gasteiger partial charge is 0.237 e. The van der Waals surface area contributed by atoms with Crippen molar-refractivity contribution in [2.45, 2.75) is 57.2 Å². The van der Waals surface area contributed by atoms with Crippen LogP contribution in [0.15, 0.2) is 18.2 Å². The lowest BCUT2D eigenvalue weighted by molar-refractivity contribution is -0.124. The zero-order valence-corrected chi connectivity index (χ0v) is 15.5. The van der Waals surface area contributed by atoms with Gasteiger partial charge in [-0.05, 0) is 62.1 Å². The van der Waals surface area contributed by atoms with Crippen molar-refractivity contribution in [2.24, 2.45) is 11.7 Å². The fraction of sp³-hybridized carbons (Fsp3) is 0.650. The molecule has 2 fully saturated rings. The number of hydrogen-bond donors (Lipinski definition) is 2. The van der Waals surface area contributed by atoms with Crippen LogP contribution in [0.3, 0.4) is 0 Å². The van der Waals surface area contributed by atoms with Crippen LogP contribution in [0.5, 0.6) is 11.5 Å². The Balaban J connectivity index is 1.57. The highest BCUT2D eigenvalue weighted by Gasteiger charge is 2.26. The van der Waals surface area contributed by atoms with Crippen LogP contribution in [0.4, 0.5) is 0 Å². The average molecular weight is 362 g/mol. The van der Waals surface area contributed by atoms with Gasteiger partial charge in [0, 0.05) is 19.8 Å². The largest absolute Gasteiger partial charge is 0.493 e. The predicted molar refractivity (Wildman–Crippen MR) is 99.2 cm³/mol. The molecule has 0 bridgehead atoms. The maximum Gasteiger partial charge on any atom is 0.237 e. The Bertz CT molecular complexity index is 595. The van der Waals surface area contributed by atoms with Crippen LogP contribution in [0.25, 0.3) is 0 Å². The average Bonchev–Trinajstić information content (AvgIpc) is 3.19. The van der Waals surface area contributed by atoms with Gasteiger partial charge in [0.1, 0.15) is 0 Å². The summed E-state index contributed by atoms with van der Waals surface area (Å²) in [5.41, 5.74) is 7.11. The molecule has 1 aliphatic carbocycles. The second-order valence-electron chi connectivity index (χ2n) is 7.20. The van der Waals surface area contributed by atoms with Gasteiger partial charge in [0.2, 0.25) is 5.91 Å². The maximum absolute atomic E-state index is 12.4. The van der Waals surface area contributed by atoms with Gasteiger partial charge in [-0.3, -0.25) is 4.79 Å². The van der Waals surface area contributed by atoms with E-state index in [9.17, 15) is 4.79 Å². The molecule has 1 unspecified atom stereocenters. The first-order chi connectivity index (χ1) is 12.7. The molecule has 6 nitrogen and oxygen atoms in total. The molecule has 3 N–H and O–H groups in total. The summed E-state index contributed by atoms with van der Waals surface area (Å²) in [7, 11) is 1.64. The lowest BCUT2D eigenvalue weighted by Crippen LogP contribution is -2.46. The summed E-state index contributed by atoms with van der Waals surface area (Å²) >= 11 is 0. The monoisotopic (exact) mass is 362 g/mol. The van der Waals surface area contributed by atoms with E-state index < -0.39 is 6.04 Å². The molecule has 0 radical (unpaired) electrons. The van der Waals surface area contributed by atoms with Crippen LogP contribution >= 0.6 is 0 Å². The molecule has 1 saturated carbocycles. The van der Waals surface area contributed by atoms with Crippen molar-refractivity contribution in [2.75, 3.05) is 20.3 Å². The number of hydrogen-bond acceptors (Lipinski definition) is 5. The molecule has 1 atom stereocenters. The lowest BCUT2D eigenvalue weighted by Gasteiger charge is -2.26. The highest BCUT2D eigenvalue weighted by Crippen LogP contribution is 2.32. The second kappa shape index (κ2) is 9.24. The van der Waals surface area contributed by atoms with Crippen LogP contribution in [0, 0.1) is 5.92 Å². The van der Waals surface area contributed by atoms with Gasteiger partial charge in [0.05, 0.1) is 19.3 Å². The predicted octanol–water partition coefficient (Wildman–Crippen LogP) is 2.39. The number of carbonyl (C=O) groups is 1. The van der Waals surface area contributed by atoms with Crippen LogP contribution in [0.1, 0.15) is 44.1 Å². The summed E-state index contributed by atoms with van der Waals surface area (Å²) in [6.07, 6.45) is 6.55. The molecular weight excluding hydrogens is 332 g/mol. The quantitative estimate of drug-likeness (QED) is 0.778. The van der Waals surface area contributed by atoms with Gasteiger partial charge < -0.3 is 25.3 Å². The van der Waals surface area contributed by atoms with Gasteiger partial charge >= 0.3 is 0 Å². The summed E-state index contributed by atoms with van der Waals surface area (Å²) in [5, 5.41) is 2.95. The molecule has 1 aromatic rings. The van der Waals surface area contributed by atoms with E-state index in [1.165, 1.54) is 12.8 Å². The van der Waals surface area contributed by atoms with E-state index in [0.29, 0.717) is 19.8 Å². The van der Waals surface area contributed by atoms with Gasteiger partial charge in [0.25, 0.3) is 0 Å². The third-order valence-electron chi connectivity index (χ3n) is 5.37. The minimum atomic E-state index is -0.480. The Hall–Kier alpha value is -1.79. The summed E-state index contributed by atoms with van der Waals surface area (Å²) < 4.78 is 16.9. The van der Waals surface area contributed by atoms with Crippen LogP contribution in [-0.4, -0.2) is 38.4 Å². The van der Waals surface area contributed by atoms with E-state index in [1.54, 1.807) is 7.11 Å². The highest BCUT2D eigenvalue weighted by molar-refractivity contribution is 5.81. The van der Waals surface area contributed by atoms with Gasteiger partial charge in [0.15, 0.2) is 11.5 Å². The number of amides is 1. The number of methoxy groups -OCH3 is 1. The maximum atomic E-state index is 12.4. The number of benzene rings is 1. The molecule has 144 valence electrons. The third-order valence-corrected chi connectivity index (χ3v) is 5.37. The Morgan fingerprint density at radius 1 is 1.23 bits per heavy atom. The number of carbonyl (C=O) groups excluding carboxylic acids is 1. The molecule has 1 aromatic carbocycles. The van der Waals surface area contributed by atoms with Crippen molar-refractivity contribution in [1.29, 1.82) is 0 Å². The van der Waals surface area contributed by atoms with Crippen molar-refractivity contribution in [3.63, 3.8) is 0 Å². The minimum Gasteiger partial charge on any atom is -0.493 e. The van der Waals surface area contributed by atoms with Gasteiger partial charge in [-0.25, -0.2) is 0 Å². The van der Waals surface area contributed by atoms with Crippen molar-refractivity contribution in [1.82, 2.24) is 5.32 Å². The topological polar surface area (TPSA) is 82.8 Å². The Labute approximate surface area is 155 Å². The van der Waals surface area contributed by atoms with Crippen LogP contribution < -0.4 is 20.5 Å². The van der Waals surface area contributed by atoms with E-state index in [0.717, 1.165) is 42.7 Å². The number of nitrogens with two attached hydrogens (primary N) is 1. The zero-order chi connectivity index (χ0) is 18.4. The first kappa shape index (κ1) is 19.0. The highest BCUT2D eigenvalue weighted by atomic mass is 16.5. The minimum absolute atomic E-state index is 0.106. The van der Waals surface area contributed by atoms with E-state index in [4.69, 9.17) is 19.9 Å². The fourth-order valence-corrected chi connectivity index (χ4v) is 3.70. The van der Waals surface area contributed by atoms with Crippen LogP contribution in [0.2, 0.25) is 0 Å². The lowest BCUT2D eigenvalue weighted by atomic mass is 9.92. The van der Waals surface area contributed by atoms with E-state index >= 15 is 0 Å². The Kier molecular flexibility index (Phi) is 6.74. The molecule has 1 aliphatic heterocycles. The Morgan fingerprint density at radius 2 is 1.96 bits per heavy atom. The SMILES string of the molecule is COc1ccc(CNC(=O)C(N)C2CCOCC2)cc1OC1CCCC1. The Morgan fingerprint density at radius 3 is 2.65 bits per heavy atom. The summed E-state index contributed by atoms with van der Waals surface area (Å²) in [5.74, 6) is 1.57. The molecule has 1 heterocycles. The first-order valence-electron chi connectivity index (χ1n) is 9.62. The van der Waals surface area contributed by atoms with E-state index in [2.05, 4.69) is 5.32 Å². The number of rotatable bonds is 7. The summed E-state index contributed by atoms with van der Waals surface area (Å²) in [4.78, 5) is 12.4. The molecule has 6 heteroatoms. The molecule has 26 heavy (non-hydrogen) atoms. The van der Waals surface area contributed by atoms with Crippen LogP contribution in [-0.2, 0) is 16.1 Å². The molecule has 0 spiro atoms. The molecule has 3 rings (SSSR count). The molecule has 1 amide bonds. The molecule has 2 aliphatic rings. The standard InChI is InChI=1S/C20H30N2O4/c1-24-17-7-6-14(12-18(17)26-16-4-2-3-5-16)13-22-20(23)19(21)15-8-10-25-11-9-15/h6-7,12,15-16,19H,2-5,8-11,13,21H2,1H3,(H,22,23). The molecular formula is C20H30N2O4. The van der Waals surface area contributed by atoms with Gasteiger partial charge in [-0.2, -0.15) is 0 Å². The van der Waals surface area contributed by atoms with Crippen molar-refractivity contribution in [3.05, 3.63) is 23.8 Å². The van der Waals surface area contributed by atoms with E-state index in [-0.39, 0.29) is 17.9 Å². The summed E-state index contributed by atoms with van der Waals surface area (Å²) in [6.45, 7) is 1.80. The fourth-order valence-electron chi connectivity index (χ4n) is 3.70. The first-order valence-corrected chi connectivity index (χ1v) is 9.62. The molecule has 0 aromatic heterocycles. The van der Waals surface area contributed by atoms with Crippen molar-refractivity contribution in [3.8, 4) is 11.5 Å². The third kappa shape index (κ3) is 4.89. The van der Waals surface area contributed by atoms with E-state index in [1.807, 2.05) is 18.2 Å². The zero-order valence-electron chi connectivity index (χ0n) is 15.5. The number of ether oxygens (including phenoxy) is 3. The second-order valence-corrected chi connectivity index (χ2v) is 7.20.